The number of hydrogen-bond donors (Lipinski definition) is 0. The summed E-state index contributed by atoms with van der Waals surface area (Å²) in [6, 6.07) is 69.1. The maximum atomic E-state index is 2.51. The molecule has 0 saturated carbocycles. The lowest BCUT2D eigenvalue weighted by Crippen LogP contribution is -2.15. The Labute approximate surface area is 315 Å². The Kier molecular flexibility index (Phi) is 7.42. The summed E-state index contributed by atoms with van der Waals surface area (Å²) in [5.41, 5.74) is 16.0. The topological polar surface area (TPSA) is 3.24 Å². The van der Waals surface area contributed by atoms with Gasteiger partial charge in [0.05, 0.1) is 17.1 Å². The third kappa shape index (κ3) is 5.05. The van der Waals surface area contributed by atoms with Crippen LogP contribution < -0.4 is 4.90 Å². The van der Waals surface area contributed by atoms with Gasteiger partial charge in [0.25, 0.3) is 0 Å². The molecule has 1 heterocycles. The Bertz CT molecular complexity index is 2820. The van der Waals surface area contributed by atoms with Crippen molar-refractivity contribution in [3.63, 3.8) is 0 Å². The number of hydrogen-bond acceptors (Lipinski definition) is 2. The maximum absolute atomic E-state index is 2.51. The third-order valence-corrected chi connectivity index (χ3v) is 12.2. The van der Waals surface area contributed by atoms with Crippen LogP contribution in [0.25, 0.3) is 64.7 Å². The van der Waals surface area contributed by atoms with Crippen LogP contribution in [0, 0.1) is 0 Å². The molecule has 0 fully saturated rings. The highest BCUT2D eigenvalue weighted by Gasteiger charge is 2.37. The Morgan fingerprint density at radius 1 is 0.377 bits per heavy atom. The Morgan fingerprint density at radius 3 is 1.66 bits per heavy atom. The molecule has 0 bridgehead atoms. The lowest BCUT2D eigenvalue weighted by molar-refractivity contribution is 0.660. The second-order valence-corrected chi connectivity index (χ2v) is 15.5. The first-order chi connectivity index (χ1) is 26.1. The number of anilines is 3. The Morgan fingerprint density at radius 2 is 0.906 bits per heavy atom. The fourth-order valence-electron chi connectivity index (χ4n) is 8.60. The molecule has 0 atom stereocenters. The highest BCUT2D eigenvalue weighted by atomic mass is 32.1. The van der Waals surface area contributed by atoms with Crippen LogP contribution in [0.15, 0.2) is 188 Å². The molecule has 9 aromatic rings. The number of nitrogens with zero attached hydrogens (tertiary/aromatic N) is 1. The summed E-state index contributed by atoms with van der Waals surface area (Å²) >= 11 is 1.87. The van der Waals surface area contributed by atoms with E-state index in [0.29, 0.717) is 0 Å². The monoisotopic (exact) mass is 695 g/mol. The molecule has 2 heteroatoms. The molecule has 0 unspecified atom stereocenters. The second-order valence-electron chi connectivity index (χ2n) is 14.5. The van der Waals surface area contributed by atoms with Crippen LogP contribution in [0.4, 0.5) is 17.1 Å². The van der Waals surface area contributed by atoms with E-state index >= 15 is 0 Å². The zero-order chi connectivity index (χ0) is 35.5. The SMILES string of the molecule is CC1(C)c2ccccc2-c2c(-c3ccccc3N(c3ccccc3-c3ccccc3)c3ccccc3-c3ccc4c(c3)sc3ccccc34)cccc21. The van der Waals surface area contributed by atoms with E-state index in [1.165, 1.54) is 75.8 Å². The molecular weight excluding hydrogens is 659 g/mol. The van der Waals surface area contributed by atoms with Gasteiger partial charge in [-0.2, -0.15) is 0 Å². The number of para-hydroxylation sites is 3. The molecule has 0 saturated heterocycles. The molecule has 0 aliphatic heterocycles. The van der Waals surface area contributed by atoms with Crippen molar-refractivity contribution in [1.29, 1.82) is 0 Å². The summed E-state index contributed by atoms with van der Waals surface area (Å²) < 4.78 is 2.62. The van der Waals surface area contributed by atoms with Gasteiger partial charge in [0.1, 0.15) is 0 Å². The minimum absolute atomic E-state index is 0.0890. The van der Waals surface area contributed by atoms with Crippen LogP contribution in [0.5, 0.6) is 0 Å². The number of fused-ring (bicyclic) bond motifs is 6. The van der Waals surface area contributed by atoms with E-state index in [0.717, 1.165) is 17.1 Å². The maximum Gasteiger partial charge on any atom is 0.0540 e. The van der Waals surface area contributed by atoms with Crippen LogP contribution >= 0.6 is 11.3 Å². The quantitative estimate of drug-likeness (QED) is 0.167. The predicted molar refractivity (Wildman–Crippen MR) is 228 cm³/mol. The van der Waals surface area contributed by atoms with Gasteiger partial charge in [-0.1, -0.05) is 172 Å². The van der Waals surface area contributed by atoms with Gasteiger partial charge in [-0.05, 0) is 69.3 Å². The molecule has 0 spiro atoms. The Hall–Kier alpha value is -6.22. The molecule has 53 heavy (non-hydrogen) atoms. The van der Waals surface area contributed by atoms with Crippen molar-refractivity contribution in [2.75, 3.05) is 4.90 Å². The van der Waals surface area contributed by atoms with Gasteiger partial charge < -0.3 is 4.90 Å². The van der Waals surface area contributed by atoms with Gasteiger partial charge in [0, 0.05) is 42.3 Å². The lowest BCUT2D eigenvalue weighted by Gasteiger charge is -2.32. The molecule has 0 radical (unpaired) electrons. The molecule has 0 N–H and O–H groups in total. The first-order valence-corrected chi connectivity index (χ1v) is 19.2. The van der Waals surface area contributed by atoms with Crippen molar-refractivity contribution in [3.8, 4) is 44.5 Å². The van der Waals surface area contributed by atoms with Gasteiger partial charge in [0.2, 0.25) is 0 Å². The minimum Gasteiger partial charge on any atom is -0.309 e. The van der Waals surface area contributed by atoms with E-state index in [9.17, 15) is 0 Å². The summed E-state index contributed by atoms with van der Waals surface area (Å²) in [7, 11) is 0. The summed E-state index contributed by atoms with van der Waals surface area (Å²) in [6.45, 7) is 4.72. The first kappa shape index (κ1) is 31.5. The average Bonchev–Trinajstić information content (AvgIpc) is 3.70. The van der Waals surface area contributed by atoms with Crippen molar-refractivity contribution >= 4 is 48.6 Å². The molecule has 0 amide bonds. The zero-order valence-corrected chi connectivity index (χ0v) is 30.6. The molecule has 10 rings (SSSR count). The third-order valence-electron chi connectivity index (χ3n) is 11.1. The molecule has 1 nitrogen and oxygen atoms in total. The predicted octanol–water partition coefficient (Wildman–Crippen LogP) is 14.8. The molecule has 1 aliphatic rings. The van der Waals surface area contributed by atoms with Gasteiger partial charge in [-0.3, -0.25) is 0 Å². The smallest absolute Gasteiger partial charge is 0.0540 e. The molecule has 1 aliphatic carbocycles. The summed E-state index contributed by atoms with van der Waals surface area (Å²) in [6.07, 6.45) is 0. The van der Waals surface area contributed by atoms with Crippen LogP contribution in [-0.4, -0.2) is 0 Å². The number of benzene rings is 8. The first-order valence-electron chi connectivity index (χ1n) is 18.4. The highest BCUT2D eigenvalue weighted by molar-refractivity contribution is 7.25. The zero-order valence-electron chi connectivity index (χ0n) is 29.8. The van der Waals surface area contributed by atoms with Crippen LogP contribution in [0.3, 0.4) is 0 Å². The normalized spacial score (nSPS) is 12.9. The van der Waals surface area contributed by atoms with Gasteiger partial charge in [-0.25, -0.2) is 0 Å². The minimum atomic E-state index is -0.0890. The summed E-state index contributed by atoms with van der Waals surface area (Å²) in [4.78, 5) is 2.51. The van der Waals surface area contributed by atoms with E-state index in [-0.39, 0.29) is 5.41 Å². The van der Waals surface area contributed by atoms with E-state index in [1.807, 2.05) is 11.3 Å². The molecule has 252 valence electrons. The highest BCUT2D eigenvalue weighted by Crippen LogP contribution is 2.54. The van der Waals surface area contributed by atoms with Gasteiger partial charge in [-0.15, -0.1) is 11.3 Å². The van der Waals surface area contributed by atoms with Crippen LogP contribution in [-0.2, 0) is 5.41 Å². The largest absolute Gasteiger partial charge is 0.309 e. The molecule has 8 aromatic carbocycles. The number of rotatable bonds is 6. The van der Waals surface area contributed by atoms with E-state index < -0.39 is 0 Å². The lowest BCUT2D eigenvalue weighted by atomic mass is 9.82. The van der Waals surface area contributed by atoms with E-state index in [4.69, 9.17) is 0 Å². The van der Waals surface area contributed by atoms with Gasteiger partial charge >= 0.3 is 0 Å². The van der Waals surface area contributed by atoms with Crippen molar-refractivity contribution in [1.82, 2.24) is 0 Å². The summed E-state index contributed by atoms with van der Waals surface area (Å²) in [5, 5.41) is 2.63. The van der Waals surface area contributed by atoms with Gasteiger partial charge in [0.15, 0.2) is 0 Å². The average molecular weight is 696 g/mol. The molecule has 1 aromatic heterocycles. The van der Waals surface area contributed by atoms with E-state index in [2.05, 4.69) is 207 Å². The van der Waals surface area contributed by atoms with E-state index in [1.54, 1.807) is 0 Å². The Balaban J connectivity index is 1.25. The second kappa shape index (κ2) is 12.5. The number of thiophene rings is 1. The van der Waals surface area contributed by atoms with Crippen molar-refractivity contribution in [3.05, 3.63) is 199 Å². The fourth-order valence-corrected chi connectivity index (χ4v) is 9.75. The van der Waals surface area contributed by atoms with Crippen LogP contribution in [0.1, 0.15) is 25.0 Å². The van der Waals surface area contributed by atoms with Crippen molar-refractivity contribution in [2.45, 2.75) is 19.3 Å². The van der Waals surface area contributed by atoms with Crippen molar-refractivity contribution in [2.24, 2.45) is 0 Å². The summed E-state index contributed by atoms with van der Waals surface area (Å²) in [5.74, 6) is 0. The standard InChI is InChI=1S/C51H37NS/c1-51(2)43-25-11-6-23-42(43)50-41(24-16-26-44(50)51)38-21-9-14-29-47(38)52(45-27-12-7-19-36(45)34-17-4-3-5-18-34)46-28-13-8-20-37(46)35-31-32-40-39-22-10-15-30-48(39)53-49(40)33-35/h3-33H,1-2H3. The van der Waals surface area contributed by atoms with Crippen molar-refractivity contribution < 1.29 is 0 Å². The van der Waals surface area contributed by atoms with Crippen LogP contribution in [0.2, 0.25) is 0 Å². The molecular formula is C51H37NS. The fraction of sp³-hybridized carbons (Fsp3) is 0.0588.